The third-order valence-electron chi connectivity index (χ3n) is 8.11. The van der Waals surface area contributed by atoms with Crippen LogP contribution in [0.4, 0.5) is 0 Å². The normalized spacial score (nSPS) is 31.2. The van der Waals surface area contributed by atoms with E-state index in [0.29, 0.717) is 24.6 Å². The molecule has 0 radical (unpaired) electrons. The number of Topliss-reactive ketones (excluding diaryl/α,β-unsaturated/α-hetero) is 1. The number of rotatable bonds is 5. The molecule has 1 saturated carbocycles. The fourth-order valence-corrected chi connectivity index (χ4v) is 9.15. The lowest BCUT2D eigenvalue weighted by molar-refractivity contribution is -0.154. The van der Waals surface area contributed by atoms with Crippen LogP contribution in [0, 0.1) is 17.3 Å². The summed E-state index contributed by atoms with van der Waals surface area (Å²) in [7, 11) is 5.19. The molecule has 196 valence electrons. The van der Waals surface area contributed by atoms with E-state index in [1.54, 1.807) is 16.9 Å². The summed E-state index contributed by atoms with van der Waals surface area (Å²) >= 11 is 0. The van der Waals surface area contributed by atoms with E-state index in [-0.39, 0.29) is 41.2 Å². The number of esters is 1. The SMILES string of the molecule is CCC1CCC2(C3=CCN=C3)CSSCC(c3ccc(O)c(OC)c3)CC(=O)CC(OC(C)=O)C2C1. The van der Waals surface area contributed by atoms with Crippen molar-refractivity contribution in [1.29, 1.82) is 0 Å². The van der Waals surface area contributed by atoms with Crippen molar-refractivity contribution < 1.29 is 24.2 Å². The first kappa shape index (κ1) is 27.1. The molecule has 0 bridgehead atoms. The van der Waals surface area contributed by atoms with E-state index in [1.807, 2.05) is 29.1 Å². The predicted molar refractivity (Wildman–Crippen MR) is 147 cm³/mol. The molecular formula is C28H37NO5S2. The van der Waals surface area contributed by atoms with Gasteiger partial charge in [-0.05, 0) is 48.4 Å². The molecule has 36 heavy (non-hydrogen) atoms. The highest BCUT2D eigenvalue weighted by atomic mass is 33.1. The van der Waals surface area contributed by atoms with Gasteiger partial charge in [-0.25, -0.2) is 0 Å². The molecule has 3 aliphatic rings. The predicted octanol–water partition coefficient (Wildman–Crippen LogP) is 5.98. The van der Waals surface area contributed by atoms with Crippen molar-refractivity contribution in [2.45, 2.75) is 64.4 Å². The third kappa shape index (κ3) is 5.96. The summed E-state index contributed by atoms with van der Waals surface area (Å²) in [5.74, 6) is 2.57. The Balaban J connectivity index is 1.69. The maximum absolute atomic E-state index is 13.5. The van der Waals surface area contributed by atoms with E-state index in [4.69, 9.17) is 9.47 Å². The number of aliphatic imine (C=N–C) groups is 1. The minimum absolute atomic E-state index is 0.0193. The Bertz CT molecular complexity index is 1030. The second-order valence-electron chi connectivity index (χ2n) is 10.2. The van der Waals surface area contributed by atoms with Gasteiger partial charge in [0, 0.05) is 54.7 Å². The zero-order valence-corrected chi connectivity index (χ0v) is 23.0. The Hall–Kier alpha value is -1.93. The van der Waals surface area contributed by atoms with Gasteiger partial charge in [0.25, 0.3) is 0 Å². The van der Waals surface area contributed by atoms with Gasteiger partial charge in [-0.3, -0.25) is 14.6 Å². The number of carbonyl (C=O) groups is 2. The number of ketones is 1. The van der Waals surface area contributed by atoms with Crippen LogP contribution in [-0.4, -0.2) is 54.3 Å². The maximum Gasteiger partial charge on any atom is 0.302 e. The summed E-state index contributed by atoms with van der Waals surface area (Å²) < 4.78 is 11.3. The van der Waals surface area contributed by atoms with Gasteiger partial charge < -0.3 is 14.6 Å². The van der Waals surface area contributed by atoms with E-state index < -0.39 is 6.10 Å². The summed E-state index contributed by atoms with van der Waals surface area (Å²) in [5.41, 5.74) is 2.06. The molecule has 2 aliphatic heterocycles. The lowest BCUT2D eigenvalue weighted by atomic mass is 9.58. The van der Waals surface area contributed by atoms with Gasteiger partial charge >= 0.3 is 5.97 Å². The van der Waals surface area contributed by atoms with Crippen LogP contribution < -0.4 is 4.74 Å². The fourth-order valence-electron chi connectivity index (χ4n) is 6.10. The molecular weight excluding hydrogens is 494 g/mol. The largest absolute Gasteiger partial charge is 0.504 e. The Labute approximate surface area is 222 Å². The third-order valence-corrected chi connectivity index (χ3v) is 10.7. The molecule has 1 aromatic carbocycles. The molecule has 1 N–H and O–H groups in total. The highest BCUT2D eigenvalue weighted by Gasteiger charge is 2.50. The van der Waals surface area contributed by atoms with Gasteiger partial charge in [0.1, 0.15) is 11.9 Å². The zero-order chi connectivity index (χ0) is 25.7. The second kappa shape index (κ2) is 12.1. The van der Waals surface area contributed by atoms with Crippen LogP contribution in [0.1, 0.15) is 63.9 Å². The zero-order valence-electron chi connectivity index (χ0n) is 21.4. The molecule has 1 aromatic rings. The number of hydrogen-bond acceptors (Lipinski definition) is 8. The first-order valence-electron chi connectivity index (χ1n) is 12.9. The molecule has 0 amide bonds. The molecule has 0 spiro atoms. The quantitative estimate of drug-likeness (QED) is 0.369. The molecule has 4 rings (SSSR count). The molecule has 1 saturated heterocycles. The van der Waals surface area contributed by atoms with Gasteiger partial charge in [0.15, 0.2) is 11.5 Å². The number of phenolic OH excluding ortho intramolecular Hbond substituents is 1. The minimum atomic E-state index is -0.446. The molecule has 2 fully saturated rings. The molecule has 1 aliphatic carbocycles. The molecule has 5 unspecified atom stereocenters. The number of aromatic hydroxyl groups is 1. The molecule has 2 heterocycles. The van der Waals surface area contributed by atoms with Gasteiger partial charge in [-0.15, -0.1) is 0 Å². The smallest absolute Gasteiger partial charge is 0.302 e. The highest BCUT2D eigenvalue weighted by molar-refractivity contribution is 8.76. The van der Waals surface area contributed by atoms with Crippen LogP contribution in [0.5, 0.6) is 11.5 Å². The number of carbonyl (C=O) groups excluding carboxylic acids is 2. The van der Waals surface area contributed by atoms with Crippen LogP contribution in [0.15, 0.2) is 34.8 Å². The first-order valence-corrected chi connectivity index (χ1v) is 15.4. The standard InChI is InChI=1S/C28H37NO5S2/c1-4-19-7-9-28(22-8-10-29-15-22)17-36-35-16-21(20-5-6-25(32)27(13-20)33-3)12-23(31)14-26(24(28)11-19)34-18(2)30/h5-6,8,13,15,19,21,24,26,32H,4,7,9-12,14,16-17H2,1-3H3. The van der Waals surface area contributed by atoms with Crippen molar-refractivity contribution >= 4 is 39.6 Å². The monoisotopic (exact) mass is 531 g/mol. The molecule has 6 nitrogen and oxygen atoms in total. The van der Waals surface area contributed by atoms with Crippen molar-refractivity contribution in [2.75, 3.05) is 25.2 Å². The van der Waals surface area contributed by atoms with E-state index >= 15 is 0 Å². The number of benzene rings is 1. The van der Waals surface area contributed by atoms with E-state index in [9.17, 15) is 14.7 Å². The van der Waals surface area contributed by atoms with Crippen molar-refractivity contribution in [1.82, 2.24) is 0 Å². The van der Waals surface area contributed by atoms with Crippen molar-refractivity contribution in [3.8, 4) is 11.5 Å². The topological polar surface area (TPSA) is 85.2 Å². The Morgan fingerprint density at radius 1 is 1.28 bits per heavy atom. The highest BCUT2D eigenvalue weighted by Crippen LogP contribution is 2.55. The molecule has 0 aromatic heterocycles. The molecule has 5 atom stereocenters. The lowest BCUT2D eigenvalue weighted by Crippen LogP contribution is -2.48. The number of allylic oxidation sites excluding steroid dienone is 1. The first-order chi connectivity index (χ1) is 17.4. The van der Waals surface area contributed by atoms with Crippen LogP contribution >= 0.6 is 21.6 Å². The second-order valence-corrected chi connectivity index (χ2v) is 12.7. The Kier molecular flexibility index (Phi) is 9.10. The van der Waals surface area contributed by atoms with Crippen molar-refractivity contribution in [3.05, 3.63) is 35.4 Å². The van der Waals surface area contributed by atoms with Gasteiger partial charge in [0.05, 0.1) is 13.7 Å². The van der Waals surface area contributed by atoms with Crippen molar-refractivity contribution in [2.24, 2.45) is 22.2 Å². The maximum atomic E-state index is 13.5. The number of phenols is 1. The average molecular weight is 532 g/mol. The van der Waals surface area contributed by atoms with Gasteiger partial charge in [-0.2, -0.15) is 0 Å². The summed E-state index contributed by atoms with van der Waals surface area (Å²) in [4.78, 5) is 30.3. The van der Waals surface area contributed by atoms with E-state index in [1.165, 1.54) is 19.6 Å². The summed E-state index contributed by atoms with van der Waals surface area (Å²) in [5, 5.41) is 10.1. The summed E-state index contributed by atoms with van der Waals surface area (Å²) in [6.45, 7) is 4.37. The number of ether oxygens (including phenoxy) is 2. The number of methoxy groups -OCH3 is 1. The van der Waals surface area contributed by atoms with Crippen LogP contribution in [0.3, 0.4) is 0 Å². The van der Waals surface area contributed by atoms with E-state index in [0.717, 1.165) is 42.8 Å². The van der Waals surface area contributed by atoms with Crippen LogP contribution in [-0.2, 0) is 14.3 Å². The van der Waals surface area contributed by atoms with E-state index in [2.05, 4.69) is 18.0 Å². The molecule has 8 heteroatoms. The van der Waals surface area contributed by atoms with Crippen LogP contribution in [0.25, 0.3) is 0 Å². The van der Waals surface area contributed by atoms with Gasteiger partial charge in [-0.1, -0.05) is 47.1 Å². The Morgan fingerprint density at radius 3 is 2.81 bits per heavy atom. The number of fused-ring (bicyclic) bond motifs is 1. The summed E-state index contributed by atoms with van der Waals surface area (Å²) in [6.07, 6.45) is 8.59. The Morgan fingerprint density at radius 2 is 2.11 bits per heavy atom. The number of hydrogen-bond donors (Lipinski definition) is 1. The lowest BCUT2D eigenvalue weighted by Gasteiger charge is -2.49. The summed E-state index contributed by atoms with van der Waals surface area (Å²) in [6, 6.07) is 5.33. The number of nitrogens with zero attached hydrogens (tertiary/aromatic N) is 1. The van der Waals surface area contributed by atoms with Crippen molar-refractivity contribution in [3.63, 3.8) is 0 Å². The van der Waals surface area contributed by atoms with Crippen LogP contribution in [0.2, 0.25) is 0 Å². The fraction of sp³-hybridized carbons (Fsp3) is 0.607. The average Bonchev–Trinajstić information content (AvgIpc) is 3.40. The van der Waals surface area contributed by atoms with Gasteiger partial charge in [0.2, 0.25) is 0 Å². The minimum Gasteiger partial charge on any atom is -0.504 e.